The van der Waals surface area contributed by atoms with Crippen LogP contribution < -0.4 is 5.32 Å². The molecule has 0 aromatic heterocycles. The normalized spacial score (nSPS) is 12.3. The second kappa shape index (κ2) is 8.14. The van der Waals surface area contributed by atoms with E-state index in [1.807, 2.05) is 26.0 Å². The lowest BCUT2D eigenvalue weighted by Crippen LogP contribution is -2.30. The smallest absolute Gasteiger partial charge is 0.255 e. The van der Waals surface area contributed by atoms with E-state index in [-0.39, 0.29) is 29.0 Å². The second-order valence-corrected chi connectivity index (χ2v) is 6.81. The number of hydrogen-bond donors (Lipinski definition) is 3. The molecule has 1 unspecified atom stereocenters. The SMILES string of the molecule is Cc1ccc(C(=O)NCC(C)N=Cc2cc(I)ccc2O)c(O)c1. The Morgan fingerprint density at radius 3 is 2.71 bits per heavy atom. The Bertz CT molecular complexity index is 775. The fraction of sp³-hybridized carbons (Fsp3) is 0.222. The Hall–Kier alpha value is -2.09. The molecule has 5 nitrogen and oxygen atoms in total. The molecule has 1 atom stereocenters. The summed E-state index contributed by atoms with van der Waals surface area (Å²) in [5, 5.41) is 22.3. The number of aryl methyl sites for hydroxylation is 1. The third-order valence-corrected chi connectivity index (χ3v) is 4.08. The topological polar surface area (TPSA) is 81.9 Å². The standard InChI is InChI=1S/C18H19IN2O3/c1-11-3-5-15(17(23)7-11)18(24)21-9-12(2)20-10-13-8-14(19)4-6-16(13)22/h3-8,10,12,22-23H,9H2,1-2H3,(H,21,24). The van der Waals surface area contributed by atoms with Crippen molar-refractivity contribution in [1.29, 1.82) is 0 Å². The number of aromatic hydroxyl groups is 2. The minimum absolute atomic E-state index is 0.0348. The van der Waals surface area contributed by atoms with Gasteiger partial charge in [0, 0.05) is 21.9 Å². The minimum Gasteiger partial charge on any atom is -0.507 e. The summed E-state index contributed by atoms with van der Waals surface area (Å²) in [6.45, 7) is 4.03. The van der Waals surface area contributed by atoms with Crippen LogP contribution in [0.1, 0.15) is 28.4 Å². The van der Waals surface area contributed by atoms with Crippen molar-refractivity contribution in [2.45, 2.75) is 19.9 Å². The van der Waals surface area contributed by atoms with Crippen LogP contribution in [0.2, 0.25) is 0 Å². The fourth-order valence-electron chi connectivity index (χ4n) is 2.06. The molecule has 0 saturated carbocycles. The largest absolute Gasteiger partial charge is 0.507 e. The number of carbonyl (C=O) groups is 1. The maximum atomic E-state index is 12.1. The third kappa shape index (κ3) is 4.95. The molecule has 2 aromatic carbocycles. The third-order valence-electron chi connectivity index (χ3n) is 3.41. The van der Waals surface area contributed by atoms with Gasteiger partial charge >= 0.3 is 0 Å². The van der Waals surface area contributed by atoms with Crippen molar-refractivity contribution in [3.05, 3.63) is 56.7 Å². The number of phenols is 2. The van der Waals surface area contributed by atoms with Crippen LogP contribution in [-0.2, 0) is 0 Å². The highest BCUT2D eigenvalue weighted by Crippen LogP contribution is 2.19. The lowest BCUT2D eigenvalue weighted by atomic mass is 10.1. The Morgan fingerprint density at radius 2 is 2.00 bits per heavy atom. The number of phenolic OH excluding ortho intramolecular Hbond substituents is 2. The maximum Gasteiger partial charge on any atom is 0.255 e. The van der Waals surface area contributed by atoms with Gasteiger partial charge < -0.3 is 15.5 Å². The first-order valence-electron chi connectivity index (χ1n) is 7.46. The molecule has 0 aliphatic carbocycles. The van der Waals surface area contributed by atoms with Crippen molar-refractivity contribution in [2.75, 3.05) is 6.54 Å². The number of nitrogens with zero attached hydrogens (tertiary/aromatic N) is 1. The molecule has 1 amide bonds. The van der Waals surface area contributed by atoms with Crippen molar-refractivity contribution in [3.63, 3.8) is 0 Å². The molecule has 0 saturated heterocycles. The zero-order valence-electron chi connectivity index (χ0n) is 13.5. The predicted octanol–water partition coefficient (Wildman–Crippen LogP) is 3.25. The molecule has 24 heavy (non-hydrogen) atoms. The molecule has 0 spiro atoms. The minimum atomic E-state index is -0.341. The summed E-state index contributed by atoms with van der Waals surface area (Å²) >= 11 is 2.16. The lowest BCUT2D eigenvalue weighted by Gasteiger charge is -2.10. The number of aliphatic imine (C=N–C) groups is 1. The summed E-state index contributed by atoms with van der Waals surface area (Å²) in [5.74, 6) is -0.209. The number of hydrogen-bond acceptors (Lipinski definition) is 4. The van der Waals surface area contributed by atoms with E-state index in [4.69, 9.17) is 0 Å². The predicted molar refractivity (Wildman–Crippen MR) is 103 cm³/mol. The molecule has 0 aliphatic rings. The monoisotopic (exact) mass is 438 g/mol. The van der Waals surface area contributed by atoms with Crippen LogP contribution in [0.4, 0.5) is 0 Å². The summed E-state index contributed by atoms with van der Waals surface area (Å²) < 4.78 is 1.00. The molecule has 2 aromatic rings. The molecule has 0 fully saturated rings. The van der Waals surface area contributed by atoms with Crippen molar-refractivity contribution in [3.8, 4) is 11.5 Å². The summed E-state index contributed by atoms with van der Waals surface area (Å²) in [6.07, 6.45) is 1.59. The van der Waals surface area contributed by atoms with Gasteiger partial charge in [0.05, 0.1) is 11.6 Å². The van der Waals surface area contributed by atoms with E-state index in [0.717, 1.165) is 9.13 Å². The quantitative estimate of drug-likeness (QED) is 0.495. The Labute approximate surface area is 154 Å². The number of amides is 1. The molecule has 2 rings (SSSR count). The summed E-state index contributed by atoms with van der Waals surface area (Å²) in [7, 11) is 0. The van der Waals surface area contributed by atoms with Gasteiger partial charge in [-0.3, -0.25) is 9.79 Å². The van der Waals surface area contributed by atoms with Crippen LogP contribution in [0, 0.1) is 10.5 Å². The van der Waals surface area contributed by atoms with Crippen LogP contribution in [0.5, 0.6) is 11.5 Å². The number of carbonyl (C=O) groups excluding carboxylic acids is 1. The van der Waals surface area contributed by atoms with Gasteiger partial charge in [-0.15, -0.1) is 0 Å². The van der Waals surface area contributed by atoms with E-state index in [0.29, 0.717) is 12.1 Å². The highest BCUT2D eigenvalue weighted by atomic mass is 127. The first-order chi connectivity index (χ1) is 11.4. The summed E-state index contributed by atoms with van der Waals surface area (Å²) in [6, 6.07) is 10.0. The van der Waals surface area contributed by atoms with Gasteiger partial charge in [0.25, 0.3) is 5.91 Å². The molecule has 0 heterocycles. The zero-order valence-corrected chi connectivity index (χ0v) is 15.6. The van der Waals surface area contributed by atoms with Crippen LogP contribution in [-0.4, -0.2) is 34.9 Å². The first-order valence-corrected chi connectivity index (χ1v) is 8.54. The van der Waals surface area contributed by atoms with Gasteiger partial charge in [-0.2, -0.15) is 0 Å². The molecule has 0 bridgehead atoms. The summed E-state index contributed by atoms with van der Waals surface area (Å²) in [4.78, 5) is 16.4. The molecular formula is C18H19IN2O3. The van der Waals surface area contributed by atoms with Crippen molar-refractivity contribution in [1.82, 2.24) is 5.32 Å². The van der Waals surface area contributed by atoms with Gasteiger partial charge in [0.1, 0.15) is 11.5 Å². The van der Waals surface area contributed by atoms with Crippen molar-refractivity contribution >= 4 is 34.7 Å². The van der Waals surface area contributed by atoms with E-state index in [2.05, 4.69) is 32.9 Å². The van der Waals surface area contributed by atoms with Crippen molar-refractivity contribution in [2.24, 2.45) is 4.99 Å². The zero-order chi connectivity index (χ0) is 17.7. The molecular weight excluding hydrogens is 419 g/mol. The van der Waals surface area contributed by atoms with Gasteiger partial charge in [0.2, 0.25) is 0 Å². The molecule has 126 valence electrons. The van der Waals surface area contributed by atoms with Gasteiger partial charge in [-0.05, 0) is 72.3 Å². The van der Waals surface area contributed by atoms with E-state index < -0.39 is 0 Å². The average molecular weight is 438 g/mol. The van der Waals surface area contributed by atoms with Gasteiger partial charge in [-0.25, -0.2) is 0 Å². The van der Waals surface area contributed by atoms with E-state index in [1.165, 1.54) is 0 Å². The van der Waals surface area contributed by atoms with E-state index >= 15 is 0 Å². The highest BCUT2D eigenvalue weighted by molar-refractivity contribution is 14.1. The van der Waals surface area contributed by atoms with Crippen LogP contribution >= 0.6 is 22.6 Å². The van der Waals surface area contributed by atoms with E-state index in [1.54, 1.807) is 30.5 Å². The number of rotatable bonds is 5. The Kier molecular flexibility index (Phi) is 6.19. The Balaban J connectivity index is 1.95. The molecule has 0 aliphatic heterocycles. The number of nitrogens with one attached hydrogen (secondary N) is 1. The van der Waals surface area contributed by atoms with Crippen LogP contribution in [0.3, 0.4) is 0 Å². The second-order valence-electron chi connectivity index (χ2n) is 5.56. The average Bonchev–Trinajstić information content (AvgIpc) is 2.53. The highest BCUT2D eigenvalue weighted by Gasteiger charge is 2.11. The van der Waals surface area contributed by atoms with Crippen molar-refractivity contribution < 1.29 is 15.0 Å². The fourth-order valence-corrected chi connectivity index (χ4v) is 2.57. The first kappa shape index (κ1) is 18.3. The summed E-state index contributed by atoms with van der Waals surface area (Å²) in [5.41, 5.74) is 1.77. The lowest BCUT2D eigenvalue weighted by molar-refractivity contribution is 0.0949. The molecule has 0 radical (unpaired) electrons. The number of halogens is 1. The Morgan fingerprint density at radius 1 is 1.25 bits per heavy atom. The molecule has 3 N–H and O–H groups in total. The van der Waals surface area contributed by atoms with Gasteiger partial charge in [-0.1, -0.05) is 6.07 Å². The maximum absolute atomic E-state index is 12.1. The van der Waals surface area contributed by atoms with E-state index in [9.17, 15) is 15.0 Å². The van der Waals surface area contributed by atoms with Crippen LogP contribution in [0.15, 0.2) is 41.4 Å². The van der Waals surface area contributed by atoms with Gasteiger partial charge in [0.15, 0.2) is 0 Å². The number of benzene rings is 2. The molecule has 6 heteroatoms. The van der Waals surface area contributed by atoms with Crippen LogP contribution in [0.25, 0.3) is 0 Å².